The number of halogens is 1. The fraction of sp³-hybridized carbons (Fsp3) is 0.550. The van der Waals surface area contributed by atoms with Gasteiger partial charge in [-0.1, -0.05) is 11.6 Å². The van der Waals surface area contributed by atoms with E-state index in [2.05, 4.69) is 5.32 Å². The SMILES string of the molecule is COC(=O)C1CN(C(=O)OC(C)(C)C)c2cc(Cl)c(NC(=O)OC(C)(C)C)cc2O1. The summed E-state index contributed by atoms with van der Waals surface area (Å²) in [4.78, 5) is 38.2. The number of benzene rings is 1. The highest BCUT2D eigenvalue weighted by molar-refractivity contribution is 6.34. The quantitative estimate of drug-likeness (QED) is 0.536. The Balaban J connectivity index is 2.40. The molecule has 1 aromatic carbocycles. The number of anilines is 2. The van der Waals surface area contributed by atoms with Crippen LogP contribution in [0.1, 0.15) is 41.5 Å². The third kappa shape index (κ3) is 6.16. The Morgan fingerprint density at radius 1 is 1.10 bits per heavy atom. The number of hydrogen-bond donors (Lipinski definition) is 1. The van der Waals surface area contributed by atoms with Crippen molar-refractivity contribution in [1.82, 2.24) is 0 Å². The number of esters is 1. The highest BCUT2D eigenvalue weighted by atomic mass is 35.5. The normalized spacial score (nSPS) is 16.1. The van der Waals surface area contributed by atoms with Crippen LogP contribution in [0.25, 0.3) is 0 Å². The van der Waals surface area contributed by atoms with E-state index in [0.29, 0.717) is 5.69 Å². The summed E-state index contributed by atoms with van der Waals surface area (Å²) < 4.78 is 21.1. The van der Waals surface area contributed by atoms with Gasteiger partial charge in [-0.05, 0) is 47.6 Å². The molecule has 1 atom stereocenters. The molecule has 166 valence electrons. The molecule has 1 heterocycles. The molecule has 1 aromatic rings. The second kappa shape index (κ2) is 8.59. The Labute approximate surface area is 180 Å². The van der Waals surface area contributed by atoms with Crippen LogP contribution < -0.4 is 15.0 Å². The monoisotopic (exact) mass is 442 g/mol. The molecule has 1 N–H and O–H groups in total. The number of carbonyl (C=O) groups is 3. The number of carbonyl (C=O) groups excluding carboxylic acids is 3. The zero-order valence-electron chi connectivity index (χ0n) is 18.1. The summed E-state index contributed by atoms with van der Waals surface area (Å²) in [5.74, 6) is -0.510. The lowest BCUT2D eigenvalue weighted by molar-refractivity contribution is -0.148. The van der Waals surface area contributed by atoms with E-state index in [1.165, 1.54) is 24.1 Å². The Hall–Kier alpha value is -2.68. The van der Waals surface area contributed by atoms with Gasteiger partial charge in [0.25, 0.3) is 0 Å². The van der Waals surface area contributed by atoms with Crippen LogP contribution >= 0.6 is 11.6 Å². The van der Waals surface area contributed by atoms with Crippen molar-refractivity contribution in [3.05, 3.63) is 17.2 Å². The Morgan fingerprint density at radius 2 is 1.70 bits per heavy atom. The Kier molecular flexibility index (Phi) is 6.76. The van der Waals surface area contributed by atoms with Gasteiger partial charge in [0.1, 0.15) is 17.0 Å². The minimum atomic E-state index is -1.08. The van der Waals surface area contributed by atoms with Gasteiger partial charge in [0.2, 0.25) is 6.10 Å². The van der Waals surface area contributed by atoms with Gasteiger partial charge in [-0.3, -0.25) is 10.2 Å². The summed E-state index contributed by atoms with van der Waals surface area (Å²) in [7, 11) is 1.22. The number of rotatable bonds is 2. The van der Waals surface area contributed by atoms with Gasteiger partial charge in [-0.2, -0.15) is 0 Å². The summed E-state index contributed by atoms with van der Waals surface area (Å²) >= 11 is 6.31. The first-order chi connectivity index (χ1) is 13.7. The maximum Gasteiger partial charge on any atom is 0.415 e. The van der Waals surface area contributed by atoms with Crippen LogP contribution in [-0.4, -0.2) is 49.1 Å². The van der Waals surface area contributed by atoms with Crippen molar-refractivity contribution in [2.45, 2.75) is 58.8 Å². The van der Waals surface area contributed by atoms with Crippen molar-refractivity contribution in [3.8, 4) is 5.75 Å². The molecule has 0 aliphatic carbocycles. The third-order valence-corrected chi connectivity index (χ3v) is 3.98. The van der Waals surface area contributed by atoms with E-state index in [4.69, 9.17) is 30.5 Å². The maximum atomic E-state index is 12.7. The van der Waals surface area contributed by atoms with Crippen LogP contribution in [0, 0.1) is 0 Å². The zero-order chi connectivity index (χ0) is 22.9. The predicted molar refractivity (Wildman–Crippen MR) is 111 cm³/mol. The van der Waals surface area contributed by atoms with E-state index in [0.717, 1.165) is 0 Å². The van der Waals surface area contributed by atoms with Crippen molar-refractivity contribution in [2.75, 3.05) is 23.9 Å². The van der Waals surface area contributed by atoms with Crippen molar-refractivity contribution in [1.29, 1.82) is 0 Å². The Bertz CT molecular complexity index is 843. The maximum absolute atomic E-state index is 12.7. The fourth-order valence-electron chi connectivity index (χ4n) is 2.56. The smallest absolute Gasteiger partial charge is 0.415 e. The van der Waals surface area contributed by atoms with E-state index in [1.807, 2.05) is 0 Å². The molecular formula is C20H27ClN2O7. The first kappa shape index (κ1) is 23.6. The topological polar surface area (TPSA) is 103 Å². The number of methoxy groups -OCH3 is 1. The molecule has 1 unspecified atom stereocenters. The van der Waals surface area contributed by atoms with E-state index >= 15 is 0 Å². The van der Waals surface area contributed by atoms with E-state index < -0.39 is 35.5 Å². The molecule has 0 aromatic heterocycles. The molecule has 10 heteroatoms. The largest absolute Gasteiger partial charge is 0.475 e. The van der Waals surface area contributed by atoms with Crippen LogP contribution in [0.2, 0.25) is 5.02 Å². The summed E-state index contributed by atoms with van der Waals surface area (Å²) in [5.41, 5.74) is -0.966. The number of nitrogens with one attached hydrogen (secondary N) is 1. The molecule has 30 heavy (non-hydrogen) atoms. The van der Waals surface area contributed by atoms with Gasteiger partial charge in [0.15, 0.2) is 0 Å². The van der Waals surface area contributed by atoms with Crippen molar-refractivity contribution in [2.24, 2.45) is 0 Å². The van der Waals surface area contributed by atoms with Crippen LogP contribution in [0.15, 0.2) is 12.1 Å². The fourth-order valence-corrected chi connectivity index (χ4v) is 2.76. The van der Waals surface area contributed by atoms with Crippen molar-refractivity contribution in [3.63, 3.8) is 0 Å². The zero-order valence-corrected chi connectivity index (χ0v) is 18.9. The summed E-state index contributed by atoms with van der Waals surface area (Å²) in [6.45, 7) is 10.2. The molecule has 9 nitrogen and oxygen atoms in total. The van der Waals surface area contributed by atoms with Crippen LogP contribution in [0.4, 0.5) is 21.0 Å². The summed E-state index contributed by atoms with van der Waals surface area (Å²) in [6.07, 6.45) is -2.47. The average molecular weight is 443 g/mol. The first-order valence-corrected chi connectivity index (χ1v) is 9.66. The van der Waals surface area contributed by atoms with Crippen LogP contribution in [0.5, 0.6) is 5.75 Å². The van der Waals surface area contributed by atoms with Gasteiger partial charge in [0, 0.05) is 6.07 Å². The molecular weight excluding hydrogens is 416 g/mol. The number of ether oxygens (including phenoxy) is 4. The molecule has 0 spiro atoms. The van der Waals surface area contributed by atoms with E-state index in [1.54, 1.807) is 41.5 Å². The molecule has 0 fully saturated rings. The highest BCUT2D eigenvalue weighted by Crippen LogP contribution is 2.41. The van der Waals surface area contributed by atoms with E-state index in [9.17, 15) is 14.4 Å². The predicted octanol–water partition coefficient (Wildman–Crippen LogP) is 4.36. The van der Waals surface area contributed by atoms with Crippen molar-refractivity contribution >= 4 is 41.1 Å². The van der Waals surface area contributed by atoms with Crippen LogP contribution in [0.3, 0.4) is 0 Å². The molecule has 1 aliphatic heterocycles. The van der Waals surface area contributed by atoms with E-state index in [-0.39, 0.29) is 23.0 Å². The Morgan fingerprint density at radius 3 is 2.23 bits per heavy atom. The van der Waals surface area contributed by atoms with Crippen LogP contribution in [-0.2, 0) is 19.0 Å². The summed E-state index contributed by atoms with van der Waals surface area (Å²) in [5, 5.41) is 2.68. The molecule has 1 aliphatic rings. The molecule has 0 bridgehead atoms. The van der Waals surface area contributed by atoms with Gasteiger partial charge in [0.05, 0.1) is 30.1 Å². The summed E-state index contributed by atoms with van der Waals surface area (Å²) in [6, 6.07) is 2.86. The first-order valence-electron chi connectivity index (χ1n) is 9.29. The van der Waals surface area contributed by atoms with Crippen molar-refractivity contribution < 1.29 is 33.3 Å². The molecule has 0 radical (unpaired) electrons. The minimum absolute atomic E-state index is 0.121. The second-order valence-corrected chi connectivity index (χ2v) is 9.05. The minimum Gasteiger partial charge on any atom is -0.475 e. The lowest BCUT2D eigenvalue weighted by Gasteiger charge is -2.35. The average Bonchev–Trinajstić information content (AvgIpc) is 2.57. The number of hydrogen-bond acceptors (Lipinski definition) is 7. The van der Waals surface area contributed by atoms with Gasteiger partial charge >= 0.3 is 18.2 Å². The number of fused-ring (bicyclic) bond motifs is 1. The lowest BCUT2D eigenvalue weighted by atomic mass is 10.1. The highest BCUT2D eigenvalue weighted by Gasteiger charge is 2.37. The van der Waals surface area contributed by atoms with Gasteiger partial charge in [-0.25, -0.2) is 14.4 Å². The van der Waals surface area contributed by atoms with Gasteiger partial charge < -0.3 is 18.9 Å². The molecule has 2 amide bonds. The second-order valence-electron chi connectivity index (χ2n) is 8.65. The lowest BCUT2D eigenvalue weighted by Crippen LogP contribution is -2.49. The third-order valence-electron chi connectivity index (χ3n) is 3.67. The molecule has 0 saturated carbocycles. The van der Waals surface area contributed by atoms with Gasteiger partial charge in [-0.15, -0.1) is 0 Å². The molecule has 2 rings (SSSR count). The molecule has 0 saturated heterocycles. The number of amides is 2. The standard InChI is InChI=1S/C20H27ClN2O7/c1-19(2,3)29-17(25)22-12-9-14-13(8-11(12)21)23(18(26)30-20(4,5)6)10-15(28-14)16(24)27-7/h8-9,15H,10H2,1-7H3,(H,22,25). The number of nitrogens with zero attached hydrogens (tertiary/aromatic N) is 1.